The van der Waals surface area contributed by atoms with Gasteiger partial charge in [-0.3, -0.25) is 37.4 Å². The van der Waals surface area contributed by atoms with Gasteiger partial charge in [0.2, 0.25) is 0 Å². The lowest BCUT2D eigenvalue weighted by Crippen LogP contribution is -2.32. The van der Waals surface area contributed by atoms with E-state index in [1.165, 1.54) is 44.5 Å². The first-order valence-corrected chi connectivity index (χ1v) is 47.7. The Balaban J connectivity index is 0.000000150. The first-order chi connectivity index (χ1) is 63.9. The van der Waals surface area contributed by atoms with Crippen LogP contribution in [-0.4, -0.2) is 117 Å². The van der Waals surface area contributed by atoms with Crippen LogP contribution in [0.15, 0.2) is 189 Å². The van der Waals surface area contributed by atoms with Crippen molar-refractivity contribution in [3.05, 3.63) is 304 Å². The van der Waals surface area contributed by atoms with E-state index < -0.39 is 0 Å². The molecule has 4 unspecified atom stereocenters. The molecule has 4 aromatic heterocycles. The van der Waals surface area contributed by atoms with Gasteiger partial charge in [-0.25, -0.2) is 19.9 Å². The summed E-state index contributed by atoms with van der Waals surface area (Å²) in [5.74, 6) is 3.85. The average molecular weight is 1870 g/mol. The molecule has 0 bridgehead atoms. The summed E-state index contributed by atoms with van der Waals surface area (Å²) >= 11 is 25.7. The predicted molar refractivity (Wildman–Crippen MR) is 536 cm³/mol. The molecule has 4 heterocycles. The van der Waals surface area contributed by atoms with Gasteiger partial charge in [-0.15, -0.1) is 0 Å². The SMILES string of the molecule is CCO[C@H]1Cc2ccccc2C1Nc1c(CC)nc(-c2ccc(Cl)cc2Cl)n(CC)c1=O.CCO[C@H]1Cc2ccccc2C1Nc1c(CC)nc(-c2ccc(N(C)C)cc2Cl)n(CC)c1=O.CCO[C@H]1Cc2ccccc2C1Nc1c(CC)nc(-c2ccc(OC)cc2C)n(CC)c1=O.CCO[C@H]1Cc2ccccc2C1Nc1c(CC)nc(-c2ccc(OC)cc2Cl)n(CC)c1=O. The standard InChI is InChI=1S/C27H33ClN4O2.C27H33N3O3.C26H30ClN3O3.C25H27Cl2N3O2/c1-6-22-25(30-24-19-12-10-9-11-17(19)15-23(24)34-8-3)27(33)32(7-2)26(29-22)20-14-13-18(31(4)5)16-21(20)28;1-6-22-25(29-24-21-12-10-9-11-18(21)16-23(24)33-8-3)27(31)30(7-2)26(28-22)20-14-13-19(32-5)15-17(20)4;1-5-21-24(29-23-18-11-9-8-10-16(18)14-22(23)33-7-3)26(31)30(6-2)25(28-21)19-13-12-17(32-4)15-20(19)27;1-4-20-23(29-22-17-10-8-7-9-15(17)13-21(22)32-6-3)25(31)30(5-2)24(28-20)18-12-11-16(26)14-19(18)27/h9-14,16,23-24,30H,6-8,15H2,1-5H3;9-15,23-24,29H,6-8,16H2,1-5H3;8-13,15,22-23,29H,5-7,14H2,1-4H3;7-12,14,21-22,29H,4-6,13H2,1-3H3/t2*23-,24?;22-,23?;21-,22?/m0000/s1. The number of benzene rings is 8. The summed E-state index contributed by atoms with van der Waals surface area (Å²) in [6.45, 7) is 30.3. The second-order valence-corrected chi connectivity index (χ2v) is 34.6. The van der Waals surface area contributed by atoms with Crippen molar-refractivity contribution in [1.82, 2.24) is 38.2 Å². The zero-order chi connectivity index (χ0) is 94.3. The number of nitrogens with one attached hydrogen (secondary N) is 4. The molecule has 23 nitrogen and oxygen atoms in total. The summed E-state index contributed by atoms with van der Waals surface area (Å²) in [6, 6.07) is 55.2. The van der Waals surface area contributed by atoms with Crippen LogP contribution >= 0.6 is 46.4 Å². The number of anilines is 5. The van der Waals surface area contributed by atoms with Gasteiger partial charge in [0.05, 0.1) is 101 Å². The van der Waals surface area contributed by atoms with Gasteiger partial charge >= 0.3 is 0 Å². The van der Waals surface area contributed by atoms with E-state index in [2.05, 4.69) is 75.9 Å². The lowest BCUT2D eigenvalue weighted by Gasteiger charge is -2.25. The lowest BCUT2D eigenvalue weighted by molar-refractivity contribution is 0.0572. The number of methoxy groups -OCH3 is 2. The van der Waals surface area contributed by atoms with Crippen LogP contribution in [0.25, 0.3) is 45.6 Å². The molecule has 0 saturated carbocycles. The average Bonchev–Trinajstić information content (AvgIpc) is 1.46. The molecule has 0 saturated heterocycles. The minimum atomic E-state index is -0.111. The summed E-state index contributed by atoms with van der Waals surface area (Å²) in [5, 5.41) is 16.2. The van der Waals surface area contributed by atoms with Crippen molar-refractivity contribution < 1.29 is 28.4 Å². The van der Waals surface area contributed by atoms with E-state index in [-0.39, 0.29) is 70.8 Å². The van der Waals surface area contributed by atoms with Crippen LogP contribution in [0.1, 0.15) is 180 Å². The van der Waals surface area contributed by atoms with Gasteiger partial charge < -0.3 is 54.6 Å². The minimum Gasteiger partial charge on any atom is -0.497 e. The number of halogens is 4. The molecule has 0 aliphatic heterocycles. The largest absolute Gasteiger partial charge is 0.497 e. The fourth-order valence-electron chi connectivity index (χ4n) is 18.5. The second-order valence-electron chi connectivity index (χ2n) is 32.9. The Morgan fingerprint density at radius 1 is 0.348 bits per heavy atom. The van der Waals surface area contributed by atoms with Crippen LogP contribution in [0.4, 0.5) is 28.4 Å². The molecule has 0 amide bonds. The summed E-state index contributed by atoms with van der Waals surface area (Å²) in [7, 11) is 7.19. The fourth-order valence-corrected chi connectivity index (χ4v) is 19.5. The zero-order valence-electron chi connectivity index (χ0n) is 78.7. The highest BCUT2D eigenvalue weighted by Gasteiger charge is 2.40. The number of aryl methyl sites for hydroxylation is 5. The highest BCUT2D eigenvalue weighted by molar-refractivity contribution is 6.36. The van der Waals surface area contributed by atoms with E-state index in [0.717, 1.165) is 65.2 Å². The quantitative estimate of drug-likeness (QED) is 0.0315. The Kier molecular flexibility index (Phi) is 33.6. The number of ether oxygens (including phenoxy) is 6. The maximum absolute atomic E-state index is 13.8. The highest BCUT2D eigenvalue weighted by Crippen LogP contribution is 2.43. The third kappa shape index (κ3) is 20.9. The number of hydrogen-bond acceptors (Lipinski definition) is 19. The third-order valence-electron chi connectivity index (χ3n) is 25.0. The van der Waals surface area contributed by atoms with E-state index in [4.69, 9.17) is 94.8 Å². The topological polar surface area (TPSA) is 246 Å². The number of nitrogens with zero attached hydrogens (tertiary/aromatic N) is 9. The van der Waals surface area contributed by atoms with Crippen LogP contribution in [0, 0.1) is 6.92 Å². The first-order valence-electron chi connectivity index (χ1n) is 46.2. The van der Waals surface area contributed by atoms with Crippen molar-refractivity contribution in [3.8, 4) is 57.1 Å². The molecule has 0 fully saturated rings. The Hall–Kier alpha value is -11.1. The Labute approximate surface area is 794 Å². The van der Waals surface area contributed by atoms with Crippen molar-refractivity contribution in [2.24, 2.45) is 0 Å². The normalized spacial score (nSPS) is 17.2. The van der Waals surface area contributed by atoms with E-state index >= 15 is 0 Å². The van der Waals surface area contributed by atoms with E-state index in [1.54, 1.807) is 50.7 Å². The molecule has 696 valence electrons. The van der Waals surface area contributed by atoms with Crippen LogP contribution in [0.2, 0.25) is 20.1 Å². The van der Waals surface area contributed by atoms with Gasteiger partial charge in [0.25, 0.3) is 22.2 Å². The molecule has 12 aromatic rings. The van der Waals surface area contributed by atoms with Gasteiger partial charge in [0.15, 0.2) is 0 Å². The monoisotopic (exact) mass is 1870 g/mol. The van der Waals surface area contributed by atoms with Crippen molar-refractivity contribution >= 4 is 74.8 Å². The molecular formula is C105H123Cl4N13O10. The summed E-state index contributed by atoms with van der Waals surface area (Å²) in [4.78, 5) is 76.7. The van der Waals surface area contributed by atoms with Gasteiger partial charge in [-0.2, -0.15) is 0 Å². The molecule has 8 aromatic carbocycles. The van der Waals surface area contributed by atoms with Crippen LogP contribution in [0.5, 0.6) is 11.5 Å². The summed E-state index contributed by atoms with van der Waals surface area (Å²) < 4.78 is 41.6. The lowest BCUT2D eigenvalue weighted by atomic mass is 10.1. The third-order valence-corrected chi connectivity index (χ3v) is 26.2. The fraction of sp³-hybridized carbons (Fsp3) is 0.390. The Morgan fingerprint density at radius 3 is 0.886 bits per heavy atom. The molecule has 4 aliphatic carbocycles. The summed E-state index contributed by atoms with van der Waals surface area (Å²) in [6.07, 6.45) is 5.65. The first kappa shape index (κ1) is 98.4. The summed E-state index contributed by atoms with van der Waals surface area (Å²) in [5.41, 5.74) is 19.6. The maximum atomic E-state index is 13.8. The molecule has 0 spiro atoms. The van der Waals surface area contributed by atoms with E-state index in [1.807, 2.05) is 206 Å². The Bertz CT molecular complexity index is 6170. The van der Waals surface area contributed by atoms with Crippen molar-refractivity contribution in [1.29, 1.82) is 0 Å². The maximum Gasteiger partial charge on any atom is 0.277 e. The Morgan fingerprint density at radius 2 is 0.621 bits per heavy atom. The molecule has 4 aliphatic rings. The van der Waals surface area contributed by atoms with Crippen molar-refractivity contribution in [2.45, 2.75) is 216 Å². The van der Waals surface area contributed by atoms with Crippen molar-refractivity contribution in [2.75, 3.05) is 80.9 Å². The zero-order valence-corrected chi connectivity index (χ0v) is 81.7. The molecule has 132 heavy (non-hydrogen) atoms. The van der Waals surface area contributed by atoms with Gasteiger partial charge in [-0.05, 0) is 211 Å². The van der Waals surface area contributed by atoms with Gasteiger partial charge in [-0.1, -0.05) is 171 Å². The predicted octanol–water partition coefficient (Wildman–Crippen LogP) is 21.4. The van der Waals surface area contributed by atoms with Crippen LogP contribution in [-0.2, 0) is 96.5 Å². The molecule has 4 N–H and O–H groups in total. The number of hydrogen-bond donors (Lipinski definition) is 4. The van der Waals surface area contributed by atoms with Crippen LogP contribution in [0.3, 0.4) is 0 Å². The van der Waals surface area contributed by atoms with Gasteiger partial charge in [0.1, 0.15) is 57.5 Å². The highest BCUT2D eigenvalue weighted by atomic mass is 35.5. The van der Waals surface area contributed by atoms with Crippen LogP contribution < -0.4 is 57.9 Å². The van der Waals surface area contributed by atoms with E-state index in [9.17, 15) is 19.2 Å². The van der Waals surface area contributed by atoms with E-state index in [0.29, 0.717) is 173 Å². The number of fused-ring (bicyclic) bond motifs is 4. The van der Waals surface area contributed by atoms with Gasteiger partial charge in [0, 0.05) is 125 Å². The second kappa shape index (κ2) is 45.1. The molecule has 27 heteroatoms. The molecular weight excluding hydrogens is 1750 g/mol. The molecule has 16 rings (SSSR count). The molecule has 8 atom stereocenters. The number of rotatable bonds is 31. The number of aromatic nitrogens is 8. The smallest absolute Gasteiger partial charge is 0.277 e. The minimum absolute atomic E-state index is 0.0184. The van der Waals surface area contributed by atoms with Crippen molar-refractivity contribution in [3.63, 3.8) is 0 Å². The molecule has 0 radical (unpaired) electrons.